The summed E-state index contributed by atoms with van der Waals surface area (Å²) in [5.74, 6) is 0.182. The second kappa shape index (κ2) is 4.97. The molecular weight excluding hydrogens is 268 g/mol. The van der Waals surface area contributed by atoms with Crippen molar-refractivity contribution in [2.45, 2.75) is 19.9 Å². The zero-order valence-corrected chi connectivity index (χ0v) is 11.6. The number of hydrogen-bond donors (Lipinski definition) is 3. The molecule has 3 rings (SSSR count). The van der Waals surface area contributed by atoms with Crippen LogP contribution in [0.25, 0.3) is 10.9 Å². The summed E-state index contributed by atoms with van der Waals surface area (Å²) in [6.07, 6.45) is 0.659. The van der Waals surface area contributed by atoms with Crippen molar-refractivity contribution in [1.82, 2.24) is 14.5 Å². The Kier molecular flexibility index (Phi) is 3.13. The molecule has 0 aliphatic carbocycles. The molecule has 0 amide bonds. The molecule has 0 saturated carbocycles. The lowest BCUT2D eigenvalue weighted by atomic mass is 10.1. The number of nitrogens with one attached hydrogen (secondary N) is 2. The molecule has 1 aromatic carbocycles. The summed E-state index contributed by atoms with van der Waals surface area (Å²) >= 11 is 0. The number of nitrogens with two attached hydrogens (primary N) is 1. The summed E-state index contributed by atoms with van der Waals surface area (Å²) in [6, 6.07) is 9.26. The first-order valence-corrected chi connectivity index (χ1v) is 6.72. The number of aromatic nitrogens is 3. The molecule has 0 spiro atoms. The second-order valence-corrected chi connectivity index (χ2v) is 5.04. The normalized spacial score (nSPS) is 11.1. The lowest BCUT2D eigenvalue weighted by molar-refractivity contribution is 0.655. The molecule has 0 saturated heterocycles. The van der Waals surface area contributed by atoms with Crippen molar-refractivity contribution in [2.75, 3.05) is 5.73 Å². The highest BCUT2D eigenvalue weighted by molar-refractivity contribution is 5.84. The van der Waals surface area contributed by atoms with E-state index in [-0.39, 0.29) is 5.82 Å². The minimum Gasteiger partial charge on any atom is -0.385 e. The van der Waals surface area contributed by atoms with E-state index in [1.807, 2.05) is 31.2 Å². The van der Waals surface area contributed by atoms with E-state index in [9.17, 15) is 9.59 Å². The number of anilines is 1. The van der Waals surface area contributed by atoms with Crippen LogP contribution in [-0.2, 0) is 13.0 Å². The minimum atomic E-state index is -0.475. The van der Waals surface area contributed by atoms with Crippen LogP contribution in [0.5, 0.6) is 0 Å². The van der Waals surface area contributed by atoms with Crippen LogP contribution in [0.15, 0.2) is 39.9 Å². The Hall–Kier alpha value is -2.76. The molecule has 4 N–H and O–H groups in total. The lowest BCUT2D eigenvalue weighted by Gasteiger charge is -2.08. The van der Waals surface area contributed by atoms with Crippen molar-refractivity contribution in [1.29, 1.82) is 0 Å². The van der Waals surface area contributed by atoms with Crippen LogP contribution in [0.2, 0.25) is 0 Å². The highest BCUT2D eigenvalue weighted by Crippen LogP contribution is 2.22. The predicted molar refractivity (Wildman–Crippen MR) is 82.5 cm³/mol. The molecule has 0 unspecified atom stereocenters. The Bertz CT molecular complexity index is 917. The van der Waals surface area contributed by atoms with Gasteiger partial charge < -0.3 is 10.7 Å². The molecule has 21 heavy (non-hydrogen) atoms. The maximum atomic E-state index is 11.8. The van der Waals surface area contributed by atoms with Crippen LogP contribution >= 0.6 is 0 Å². The number of aryl methyl sites for hydroxylation is 2. The summed E-state index contributed by atoms with van der Waals surface area (Å²) in [7, 11) is 0. The summed E-state index contributed by atoms with van der Waals surface area (Å²) in [5, 5.41) is 1.14. The van der Waals surface area contributed by atoms with E-state index in [2.05, 4.69) is 9.97 Å². The summed E-state index contributed by atoms with van der Waals surface area (Å²) in [4.78, 5) is 28.5. The molecular formula is C15H16N4O2. The van der Waals surface area contributed by atoms with Gasteiger partial charge in [-0.3, -0.25) is 14.3 Å². The third-order valence-corrected chi connectivity index (χ3v) is 3.68. The SMILES string of the molecule is Cc1[nH]c2ccccc2c1CCn1c(N)cc(=O)[nH]c1=O. The number of H-pyrrole nitrogens is 2. The molecule has 3 aromatic rings. The Morgan fingerprint density at radius 1 is 1.19 bits per heavy atom. The Morgan fingerprint density at radius 3 is 2.71 bits per heavy atom. The molecule has 108 valence electrons. The standard InChI is InChI=1S/C15H16N4O2/c1-9-10(11-4-2-3-5-12(11)17-9)6-7-19-13(16)8-14(20)18-15(19)21/h2-5,8,17H,6-7,16H2,1H3,(H,18,20,21). The van der Waals surface area contributed by atoms with Crippen molar-refractivity contribution in [3.63, 3.8) is 0 Å². The molecule has 0 aliphatic heterocycles. The van der Waals surface area contributed by atoms with Gasteiger partial charge in [-0.1, -0.05) is 18.2 Å². The highest BCUT2D eigenvalue weighted by atomic mass is 16.2. The largest absolute Gasteiger partial charge is 0.385 e. The summed E-state index contributed by atoms with van der Waals surface area (Å²) in [6.45, 7) is 2.43. The Balaban J connectivity index is 1.96. The second-order valence-electron chi connectivity index (χ2n) is 5.04. The Morgan fingerprint density at radius 2 is 1.95 bits per heavy atom. The predicted octanol–water partition coefficient (Wildman–Crippen LogP) is 1.15. The molecule has 0 bridgehead atoms. The fourth-order valence-electron chi connectivity index (χ4n) is 2.65. The quantitative estimate of drug-likeness (QED) is 0.673. The first-order valence-electron chi connectivity index (χ1n) is 6.72. The van der Waals surface area contributed by atoms with Crippen LogP contribution in [0.4, 0.5) is 5.82 Å². The monoisotopic (exact) mass is 284 g/mol. The van der Waals surface area contributed by atoms with E-state index in [0.717, 1.165) is 22.2 Å². The number of hydrogen-bond acceptors (Lipinski definition) is 3. The fourth-order valence-corrected chi connectivity index (χ4v) is 2.65. The number of benzene rings is 1. The average Bonchev–Trinajstić information content (AvgIpc) is 2.73. The smallest absolute Gasteiger partial charge is 0.329 e. The molecule has 6 nitrogen and oxygen atoms in total. The van der Waals surface area contributed by atoms with Gasteiger partial charge in [-0.15, -0.1) is 0 Å². The number of para-hydroxylation sites is 1. The van der Waals surface area contributed by atoms with Gasteiger partial charge in [-0.2, -0.15) is 0 Å². The van der Waals surface area contributed by atoms with Crippen LogP contribution in [0.1, 0.15) is 11.3 Å². The van der Waals surface area contributed by atoms with Crippen LogP contribution < -0.4 is 17.0 Å². The van der Waals surface area contributed by atoms with Gasteiger partial charge in [0.1, 0.15) is 5.82 Å². The maximum absolute atomic E-state index is 11.8. The third-order valence-electron chi connectivity index (χ3n) is 3.68. The summed E-state index contributed by atoms with van der Waals surface area (Å²) < 4.78 is 1.38. The van der Waals surface area contributed by atoms with Gasteiger partial charge >= 0.3 is 5.69 Å². The number of fused-ring (bicyclic) bond motifs is 1. The van der Waals surface area contributed by atoms with E-state index in [4.69, 9.17) is 5.73 Å². The zero-order valence-electron chi connectivity index (χ0n) is 11.6. The van der Waals surface area contributed by atoms with Crippen molar-refractivity contribution >= 4 is 16.7 Å². The minimum absolute atomic E-state index is 0.182. The van der Waals surface area contributed by atoms with Gasteiger partial charge in [-0.25, -0.2) is 4.79 Å². The van der Waals surface area contributed by atoms with Gasteiger partial charge in [0.15, 0.2) is 0 Å². The molecule has 0 radical (unpaired) electrons. The van der Waals surface area contributed by atoms with Crippen molar-refractivity contribution in [3.8, 4) is 0 Å². The van der Waals surface area contributed by atoms with Gasteiger partial charge in [0.05, 0.1) is 0 Å². The van der Waals surface area contributed by atoms with Crippen LogP contribution in [0, 0.1) is 6.92 Å². The van der Waals surface area contributed by atoms with Gasteiger partial charge in [0.2, 0.25) is 0 Å². The van der Waals surface area contributed by atoms with Gasteiger partial charge in [-0.05, 0) is 25.0 Å². The van der Waals surface area contributed by atoms with Gasteiger partial charge in [0.25, 0.3) is 5.56 Å². The van der Waals surface area contributed by atoms with Crippen LogP contribution in [0.3, 0.4) is 0 Å². The number of rotatable bonds is 3. The number of aromatic amines is 2. The average molecular weight is 284 g/mol. The molecule has 2 aromatic heterocycles. The van der Waals surface area contributed by atoms with Gasteiger partial charge in [0, 0.05) is 29.2 Å². The highest BCUT2D eigenvalue weighted by Gasteiger charge is 2.09. The molecule has 2 heterocycles. The zero-order chi connectivity index (χ0) is 15.0. The molecule has 0 aliphatic rings. The van der Waals surface area contributed by atoms with E-state index < -0.39 is 11.2 Å². The Labute approximate surface area is 120 Å². The van der Waals surface area contributed by atoms with E-state index in [0.29, 0.717) is 13.0 Å². The van der Waals surface area contributed by atoms with E-state index in [1.165, 1.54) is 10.6 Å². The van der Waals surface area contributed by atoms with Crippen molar-refractivity contribution in [3.05, 3.63) is 62.4 Å². The maximum Gasteiger partial charge on any atom is 0.329 e. The molecule has 0 fully saturated rings. The molecule has 6 heteroatoms. The van der Waals surface area contributed by atoms with Crippen molar-refractivity contribution < 1.29 is 0 Å². The third kappa shape index (κ3) is 2.35. The number of nitrogens with zero attached hydrogens (tertiary/aromatic N) is 1. The van der Waals surface area contributed by atoms with Crippen molar-refractivity contribution in [2.24, 2.45) is 0 Å². The number of nitrogen functional groups attached to an aromatic ring is 1. The first-order chi connectivity index (χ1) is 10.1. The van der Waals surface area contributed by atoms with Crippen LogP contribution in [-0.4, -0.2) is 14.5 Å². The van der Waals surface area contributed by atoms with E-state index >= 15 is 0 Å². The van der Waals surface area contributed by atoms with E-state index in [1.54, 1.807) is 0 Å². The first kappa shape index (κ1) is 13.2. The lowest BCUT2D eigenvalue weighted by Crippen LogP contribution is -2.31. The molecule has 0 atom stereocenters. The summed E-state index contributed by atoms with van der Waals surface area (Å²) in [5.41, 5.74) is 8.11. The fraction of sp³-hybridized carbons (Fsp3) is 0.200. The topological polar surface area (TPSA) is 96.7 Å².